The maximum Gasteiger partial charge on any atom is 0.275 e. The van der Waals surface area contributed by atoms with Gasteiger partial charge in [0, 0.05) is 26.0 Å². The Hall–Kier alpha value is -2.04. The van der Waals surface area contributed by atoms with Crippen LogP contribution in [0.1, 0.15) is 22.5 Å². The van der Waals surface area contributed by atoms with E-state index in [2.05, 4.69) is 10.1 Å². The molecular weight excluding hydrogens is 216 g/mol. The average molecular weight is 230 g/mol. The Morgan fingerprint density at radius 1 is 1.47 bits per heavy atom. The van der Waals surface area contributed by atoms with Crippen LogP contribution in [-0.4, -0.2) is 27.2 Å². The molecule has 0 saturated carbocycles. The average Bonchev–Trinajstić information content (AvgIpc) is 2.90. The fourth-order valence-electron chi connectivity index (χ4n) is 2.27. The molecule has 0 aliphatic carbocycles. The highest BCUT2D eigenvalue weighted by Gasteiger charge is 2.25. The number of aromatic nitrogens is 3. The van der Waals surface area contributed by atoms with Gasteiger partial charge in [0.05, 0.1) is 11.9 Å². The molecule has 0 aromatic carbocycles. The van der Waals surface area contributed by atoms with E-state index in [1.54, 1.807) is 15.8 Å². The van der Waals surface area contributed by atoms with Gasteiger partial charge in [0.1, 0.15) is 5.69 Å². The van der Waals surface area contributed by atoms with Gasteiger partial charge in [0.15, 0.2) is 0 Å². The maximum absolute atomic E-state index is 12.4. The van der Waals surface area contributed by atoms with Crippen molar-refractivity contribution in [3.63, 3.8) is 0 Å². The van der Waals surface area contributed by atoms with Crippen LogP contribution in [0.2, 0.25) is 0 Å². The number of carbonyl (C=O) groups excluding carboxylic acids is 1. The number of rotatable bonds is 1. The molecule has 3 rings (SSSR count). The van der Waals surface area contributed by atoms with Gasteiger partial charge in [-0.25, -0.2) is 0 Å². The quantitative estimate of drug-likeness (QED) is 0.803. The Kier molecular flexibility index (Phi) is 2.24. The molecule has 0 unspecified atom stereocenters. The third-order valence-electron chi connectivity index (χ3n) is 3.12. The smallest absolute Gasteiger partial charge is 0.275 e. The molecule has 5 heteroatoms. The van der Waals surface area contributed by atoms with E-state index in [1.165, 1.54) is 0 Å². The zero-order chi connectivity index (χ0) is 11.8. The zero-order valence-electron chi connectivity index (χ0n) is 9.68. The van der Waals surface area contributed by atoms with Crippen LogP contribution in [0.3, 0.4) is 0 Å². The molecule has 1 aliphatic rings. The normalized spacial score (nSPS) is 15.8. The Bertz CT molecular complexity index is 554. The van der Waals surface area contributed by atoms with Crippen LogP contribution in [0.25, 0.3) is 0 Å². The Morgan fingerprint density at radius 3 is 3.12 bits per heavy atom. The fourth-order valence-corrected chi connectivity index (χ4v) is 2.27. The number of carbonyl (C=O) groups is 1. The topological polar surface area (TPSA) is 53.9 Å². The molecule has 0 bridgehead atoms. The number of hydrogen-bond donors (Lipinski definition) is 1. The monoisotopic (exact) mass is 230 g/mol. The Labute approximate surface area is 99.0 Å². The highest BCUT2D eigenvalue weighted by atomic mass is 16.2. The lowest BCUT2D eigenvalue weighted by Gasteiger charge is -2.18. The van der Waals surface area contributed by atoms with Crippen molar-refractivity contribution in [3.8, 4) is 0 Å². The lowest BCUT2D eigenvalue weighted by molar-refractivity contribution is 0.0984. The number of nitrogens with zero attached hydrogens (tertiary/aromatic N) is 3. The molecule has 0 radical (unpaired) electrons. The van der Waals surface area contributed by atoms with Crippen LogP contribution in [0.4, 0.5) is 5.69 Å². The second kappa shape index (κ2) is 3.76. The first-order valence-electron chi connectivity index (χ1n) is 5.72. The summed E-state index contributed by atoms with van der Waals surface area (Å²) in [6.45, 7) is 0.743. The summed E-state index contributed by atoms with van der Waals surface area (Å²) >= 11 is 0. The number of hydrogen-bond acceptors (Lipinski definition) is 2. The van der Waals surface area contributed by atoms with E-state index >= 15 is 0 Å². The van der Waals surface area contributed by atoms with E-state index in [0.29, 0.717) is 5.69 Å². The minimum atomic E-state index is 0.0375. The summed E-state index contributed by atoms with van der Waals surface area (Å²) in [7, 11) is 1.85. The van der Waals surface area contributed by atoms with Crippen molar-refractivity contribution in [2.24, 2.45) is 7.05 Å². The van der Waals surface area contributed by atoms with Gasteiger partial charge in [-0.2, -0.15) is 5.10 Å². The largest absolute Gasteiger partial charge is 0.357 e. The number of anilines is 1. The van der Waals surface area contributed by atoms with Gasteiger partial charge in [-0.15, -0.1) is 0 Å². The van der Waals surface area contributed by atoms with Gasteiger partial charge in [0.2, 0.25) is 0 Å². The van der Waals surface area contributed by atoms with Crippen molar-refractivity contribution in [2.45, 2.75) is 12.8 Å². The molecule has 0 spiro atoms. The molecule has 1 aliphatic heterocycles. The second-order valence-corrected chi connectivity index (χ2v) is 4.31. The summed E-state index contributed by atoms with van der Waals surface area (Å²) < 4.78 is 1.71. The van der Waals surface area contributed by atoms with Crippen LogP contribution < -0.4 is 4.90 Å². The van der Waals surface area contributed by atoms with E-state index in [-0.39, 0.29) is 5.91 Å². The first-order chi connectivity index (χ1) is 8.25. The van der Waals surface area contributed by atoms with Crippen LogP contribution in [0, 0.1) is 0 Å². The molecule has 1 amide bonds. The third kappa shape index (κ3) is 1.63. The molecule has 2 aromatic heterocycles. The molecular formula is C12H14N4O. The third-order valence-corrected chi connectivity index (χ3v) is 3.12. The summed E-state index contributed by atoms with van der Waals surface area (Å²) in [5, 5.41) is 4.11. The second-order valence-electron chi connectivity index (χ2n) is 4.31. The number of aromatic amines is 1. The predicted molar refractivity (Wildman–Crippen MR) is 64.0 cm³/mol. The first kappa shape index (κ1) is 10.1. The van der Waals surface area contributed by atoms with Gasteiger partial charge >= 0.3 is 0 Å². The van der Waals surface area contributed by atoms with Crippen LogP contribution >= 0.6 is 0 Å². The molecule has 0 atom stereocenters. The maximum atomic E-state index is 12.4. The molecule has 17 heavy (non-hydrogen) atoms. The molecule has 0 fully saturated rings. The van der Waals surface area contributed by atoms with Crippen molar-refractivity contribution in [1.82, 2.24) is 14.8 Å². The van der Waals surface area contributed by atoms with E-state index in [1.807, 2.05) is 25.5 Å². The molecule has 5 nitrogen and oxygen atoms in total. The van der Waals surface area contributed by atoms with Crippen LogP contribution in [0.5, 0.6) is 0 Å². The van der Waals surface area contributed by atoms with Crippen molar-refractivity contribution < 1.29 is 4.79 Å². The number of H-pyrrole nitrogens is 1. The van der Waals surface area contributed by atoms with E-state index in [4.69, 9.17) is 0 Å². The summed E-state index contributed by atoms with van der Waals surface area (Å²) in [6.07, 6.45) is 7.35. The van der Waals surface area contributed by atoms with Gasteiger partial charge < -0.3 is 9.88 Å². The standard InChI is InChI=1S/C12H14N4O/c1-15-8-10(7-14-15)16-6-2-3-9-4-5-13-11(9)12(16)17/h4-5,7-8,13H,2-3,6H2,1H3. The minimum Gasteiger partial charge on any atom is -0.357 e. The number of aryl methyl sites for hydroxylation is 2. The minimum absolute atomic E-state index is 0.0375. The van der Waals surface area contributed by atoms with Gasteiger partial charge in [-0.3, -0.25) is 9.48 Å². The predicted octanol–water partition coefficient (Wildman–Crippen LogP) is 1.34. The SMILES string of the molecule is Cn1cc(N2CCCc3cc[nH]c3C2=O)cn1. The fraction of sp³-hybridized carbons (Fsp3) is 0.333. The lowest BCUT2D eigenvalue weighted by atomic mass is 10.1. The Balaban J connectivity index is 2.00. The molecule has 0 saturated heterocycles. The van der Waals surface area contributed by atoms with Gasteiger partial charge in [-0.05, 0) is 24.5 Å². The van der Waals surface area contributed by atoms with E-state index < -0.39 is 0 Å². The van der Waals surface area contributed by atoms with Crippen LogP contribution in [-0.2, 0) is 13.5 Å². The van der Waals surface area contributed by atoms with Crippen molar-refractivity contribution >= 4 is 11.6 Å². The van der Waals surface area contributed by atoms with Crippen molar-refractivity contribution in [2.75, 3.05) is 11.4 Å². The summed E-state index contributed by atoms with van der Waals surface area (Å²) in [5.41, 5.74) is 2.69. The molecule has 88 valence electrons. The van der Waals surface area contributed by atoms with Crippen LogP contribution in [0.15, 0.2) is 24.7 Å². The van der Waals surface area contributed by atoms with E-state index in [0.717, 1.165) is 30.6 Å². The van der Waals surface area contributed by atoms with E-state index in [9.17, 15) is 4.79 Å². The first-order valence-corrected chi connectivity index (χ1v) is 5.72. The Morgan fingerprint density at radius 2 is 2.35 bits per heavy atom. The molecule has 2 aromatic rings. The van der Waals surface area contributed by atoms with Gasteiger partial charge in [0.25, 0.3) is 5.91 Å². The number of nitrogens with one attached hydrogen (secondary N) is 1. The molecule has 3 heterocycles. The zero-order valence-corrected chi connectivity index (χ0v) is 9.68. The van der Waals surface area contributed by atoms with Crippen molar-refractivity contribution in [3.05, 3.63) is 35.9 Å². The number of fused-ring (bicyclic) bond motifs is 1. The van der Waals surface area contributed by atoms with Crippen molar-refractivity contribution in [1.29, 1.82) is 0 Å². The summed E-state index contributed by atoms with van der Waals surface area (Å²) in [6, 6.07) is 1.99. The molecule has 1 N–H and O–H groups in total. The lowest BCUT2D eigenvalue weighted by Crippen LogP contribution is -2.30. The highest BCUT2D eigenvalue weighted by Crippen LogP contribution is 2.22. The summed E-state index contributed by atoms with van der Waals surface area (Å²) in [5.74, 6) is 0.0375. The van der Waals surface area contributed by atoms with Gasteiger partial charge in [-0.1, -0.05) is 0 Å². The highest BCUT2D eigenvalue weighted by molar-refractivity contribution is 6.06. The summed E-state index contributed by atoms with van der Waals surface area (Å²) in [4.78, 5) is 17.2. The number of amides is 1.